The second-order valence-corrected chi connectivity index (χ2v) is 7.99. The van der Waals surface area contributed by atoms with Crippen LogP contribution in [0.25, 0.3) is 0 Å². The second kappa shape index (κ2) is 10.5. The summed E-state index contributed by atoms with van der Waals surface area (Å²) in [7, 11) is 1.82. The van der Waals surface area contributed by atoms with Gasteiger partial charge in [0.05, 0.1) is 6.61 Å². The summed E-state index contributed by atoms with van der Waals surface area (Å²) in [6.45, 7) is 8.48. The van der Waals surface area contributed by atoms with Crippen LogP contribution in [0.1, 0.15) is 44.6 Å². The van der Waals surface area contributed by atoms with Crippen molar-refractivity contribution >= 4 is 5.96 Å². The van der Waals surface area contributed by atoms with Crippen molar-refractivity contribution in [2.24, 2.45) is 16.8 Å². The molecule has 1 aliphatic carbocycles. The lowest BCUT2D eigenvalue weighted by atomic mass is 9.99. The van der Waals surface area contributed by atoms with Gasteiger partial charge in [0.15, 0.2) is 5.96 Å². The summed E-state index contributed by atoms with van der Waals surface area (Å²) in [5.41, 5.74) is 1.15. The number of hydrogen-bond donors (Lipinski definition) is 2. The molecule has 150 valence electrons. The molecule has 2 aliphatic rings. The standard InChI is InChI=1S/C21H35N5O/c1-17-7-12-26(13-8-17)11-3-9-24-21(22-2)25-15-19-6-10-23-20(14-19)27-16-18-4-5-18/h6,10,14,17-18H,3-5,7-9,11-13,15-16H2,1-2H3,(H2,22,24,25). The second-order valence-electron chi connectivity index (χ2n) is 7.99. The first-order chi connectivity index (χ1) is 13.2. The number of piperidine rings is 1. The summed E-state index contributed by atoms with van der Waals surface area (Å²) in [6, 6.07) is 4.03. The summed E-state index contributed by atoms with van der Waals surface area (Å²) < 4.78 is 5.76. The van der Waals surface area contributed by atoms with Crippen LogP contribution in [0.4, 0.5) is 0 Å². The van der Waals surface area contributed by atoms with Gasteiger partial charge in [-0.3, -0.25) is 4.99 Å². The molecule has 6 heteroatoms. The number of likely N-dealkylation sites (tertiary alicyclic amines) is 1. The molecule has 2 fully saturated rings. The molecule has 0 radical (unpaired) electrons. The lowest BCUT2D eigenvalue weighted by Crippen LogP contribution is -2.39. The predicted octanol–water partition coefficient (Wildman–Crippen LogP) is 2.66. The molecule has 1 aromatic heterocycles. The Labute approximate surface area is 163 Å². The van der Waals surface area contributed by atoms with Gasteiger partial charge in [-0.1, -0.05) is 6.92 Å². The van der Waals surface area contributed by atoms with Crippen molar-refractivity contribution in [3.05, 3.63) is 23.9 Å². The number of guanidine groups is 1. The third kappa shape index (κ3) is 7.37. The number of pyridine rings is 1. The first kappa shape index (κ1) is 19.9. The number of ether oxygens (including phenoxy) is 1. The molecule has 1 saturated carbocycles. The molecule has 1 aromatic rings. The van der Waals surface area contributed by atoms with Gasteiger partial charge >= 0.3 is 0 Å². The molecule has 1 aliphatic heterocycles. The van der Waals surface area contributed by atoms with Gasteiger partial charge in [-0.15, -0.1) is 0 Å². The fourth-order valence-corrected chi connectivity index (χ4v) is 3.33. The van der Waals surface area contributed by atoms with E-state index in [-0.39, 0.29) is 0 Å². The van der Waals surface area contributed by atoms with E-state index in [1.807, 2.05) is 25.4 Å². The Kier molecular flexibility index (Phi) is 7.75. The van der Waals surface area contributed by atoms with E-state index in [2.05, 4.69) is 32.4 Å². The van der Waals surface area contributed by atoms with Crippen LogP contribution in [-0.4, -0.2) is 55.7 Å². The van der Waals surface area contributed by atoms with Crippen molar-refractivity contribution in [3.8, 4) is 5.88 Å². The predicted molar refractivity (Wildman–Crippen MR) is 110 cm³/mol. The van der Waals surface area contributed by atoms with Gasteiger partial charge in [-0.25, -0.2) is 4.98 Å². The Morgan fingerprint density at radius 1 is 1.26 bits per heavy atom. The molecule has 0 spiro atoms. The number of nitrogens with one attached hydrogen (secondary N) is 2. The highest BCUT2D eigenvalue weighted by molar-refractivity contribution is 5.79. The number of nitrogens with zero attached hydrogens (tertiary/aromatic N) is 3. The van der Waals surface area contributed by atoms with Crippen molar-refractivity contribution in [1.29, 1.82) is 0 Å². The van der Waals surface area contributed by atoms with E-state index in [9.17, 15) is 0 Å². The van der Waals surface area contributed by atoms with Crippen LogP contribution in [0.3, 0.4) is 0 Å². The van der Waals surface area contributed by atoms with Crippen molar-refractivity contribution < 1.29 is 4.74 Å². The Balaban J connectivity index is 1.32. The summed E-state index contributed by atoms with van der Waals surface area (Å²) in [6.07, 6.45) is 8.22. The minimum Gasteiger partial charge on any atom is -0.477 e. The summed E-state index contributed by atoms with van der Waals surface area (Å²) in [5, 5.41) is 6.79. The third-order valence-electron chi connectivity index (χ3n) is 5.47. The van der Waals surface area contributed by atoms with Gasteiger partial charge in [-0.05, 0) is 75.2 Å². The molecular weight excluding hydrogens is 338 g/mol. The van der Waals surface area contributed by atoms with E-state index in [0.29, 0.717) is 6.54 Å². The van der Waals surface area contributed by atoms with E-state index >= 15 is 0 Å². The van der Waals surface area contributed by atoms with Gasteiger partial charge < -0.3 is 20.3 Å². The van der Waals surface area contributed by atoms with E-state index in [1.54, 1.807) is 0 Å². The molecule has 0 aromatic carbocycles. The fourth-order valence-electron chi connectivity index (χ4n) is 3.33. The highest BCUT2D eigenvalue weighted by atomic mass is 16.5. The highest BCUT2D eigenvalue weighted by Crippen LogP contribution is 2.29. The normalized spacial score (nSPS) is 19.1. The molecule has 3 rings (SSSR count). The van der Waals surface area contributed by atoms with Crippen molar-refractivity contribution in [2.45, 2.75) is 45.6 Å². The van der Waals surface area contributed by atoms with Crippen LogP contribution in [-0.2, 0) is 6.54 Å². The largest absolute Gasteiger partial charge is 0.477 e. The molecular formula is C21H35N5O. The lowest BCUT2D eigenvalue weighted by Gasteiger charge is -2.30. The zero-order chi connectivity index (χ0) is 18.9. The van der Waals surface area contributed by atoms with E-state index in [1.165, 1.54) is 45.3 Å². The summed E-state index contributed by atoms with van der Waals surface area (Å²) in [4.78, 5) is 11.2. The average molecular weight is 374 g/mol. The minimum absolute atomic E-state index is 0.714. The van der Waals surface area contributed by atoms with Gasteiger partial charge in [0.2, 0.25) is 5.88 Å². The molecule has 0 amide bonds. The maximum Gasteiger partial charge on any atom is 0.213 e. The molecule has 0 unspecified atom stereocenters. The lowest BCUT2D eigenvalue weighted by molar-refractivity contribution is 0.191. The minimum atomic E-state index is 0.714. The van der Waals surface area contributed by atoms with Crippen LogP contribution >= 0.6 is 0 Å². The molecule has 6 nitrogen and oxygen atoms in total. The van der Waals surface area contributed by atoms with Gasteiger partial charge in [-0.2, -0.15) is 0 Å². The number of aliphatic imine (C=N–C) groups is 1. The monoisotopic (exact) mass is 373 g/mol. The highest BCUT2D eigenvalue weighted by Gasteiger charge is 2.22. The van der Waals surface area contributed by atoms with E-state index in [4.69, 9.17) is 4.74 Å². The number of rotatable bonds is 9. The van der Waals surface area contributed by atoms with Crippen LogP contribution in [0.15, 0.2) is 23.3 Å². The Morgan fingerprint density at radius 3 is 2.81 bits per heavy atom. The van der Waals surface area contributed by atoms with Crippen molar-refractivity contribution in [2.75, 3.05) is 39.8 Å². The van der Waals surface area contributed by atoms with Gasteiger partial charge in [0, 0.05) is 32.4 Å². The molecule has 27 heavy (non-hydrogen) atoms. The van der Waals surface area contributed by atoms with Crippen LogP contribution in [0.5, 0.6) is 5.88 Å². The first-order valence-corrected chi connectivity index (χ1v) is 10.5. The van der Waals surface area contributed by atoms with Crippen LogP contribution in [0.2, 0.25) is 0 Å². The smallest absolute Gasteiger partial charge is 0.213 e. The molecule has 2 heterocycles. The SMILES string of the molecule is CN=C(NCCCN1CCC(C)CC1)NCc1ccnc(OCC2CC2)c1. The Hall–Kier alpha value is -1.82. The Bertz CT molecular complexity index is 594. The molecule has 2 N–H and O–H groups in total. The number of aromatic nitrogens is 1. The quantitative estimate of drug-likeness (QED) is 0.396. The summed E-state index contributed by atoms with van der Waals surface area (Å²) >= 11 is 0. The molecule has 0 atom stereocenters. The van der Waals surface area contributed by atoms with Crippen LogP contribution in [0, 0.1) is 11.8 Å². The zero-order valence-corrected chi connectivity index (χ0v) is 16.9. The van der Waals surface area contributed by atoms with Crippen LogP contribution < -0.4 is 15.4 Å². The topological polar surface area (TPSA) is 61.8 Å². The average Bonchev–Trinajstić information content (AvgIpc) is 3.52. The van der Waals surface area contributed by atoms with Gasteiger partial charge in [0.25, 0.3) is 0 Å². The maximum absolute atomic E-state index is 5.76. The van der Waals surface area contributed by atoms with E-state index in [0.717, 1.165) is 48.8 Å². The van der Waals surface area contributed by atoms with Crippen molar-refractivity contribution in [1.82, 2.24) is 20.5 Å². The zero-order valence-electron chi connectivity index (χ0n) is 16.9. The van der Waals surface area contributed by atoms with Gasteiger partial charge in [0.1, 0.15) is 0 Å². The third-order valence-corrected chi connectivity index (χ3v) is 5.47. The summed E-state index contributed by atoms with van der Waals surface area (Å²) in [5.74, 6) is 3.21. The Morgan fingerprint density at radius 2 is 2.07 bits per heavy atom. The first-order valence-electron chi connectivity index (χ1n) is 10.5. The van der Waals surface area contributed by atoms with Crippen molar-refractivity contribution in [3.63, 3.8) is 0 Å². The van der Waals surface area contributed by atoms with E-state index < -0.39 is 0 Å². The maximum atomic E-state index is 5.76. The molecule has 0 bridgehead atoms. The number of hydrogen-bond acceptors (Lipinski definition) is 4. The fraction of sp³-hybridized carbons (Fsp3) is 0.714. The molecule has 1 saturated heterocycles.